The molecule has 0 radical (unpaired) electrons. The number of unbranched alkanes of at least 4 members (excludes halogenated alkanes) is 1. The summed E-state index contributed by atoms with van der Waals surface area (Å²) in [5, 5.41) is 0. The van der Waals surface area contributed by atoms with Gasteiger partial charge in [-0.1, -0.05) is 13.3 Å². The second-order valence-corrected chi connectivity index (χ2v) is 2.00. The maximum atomic E-state index is 10.3. The third-order valence-electron chi connectivity index (χ3n) is 0.998. The van der Waals surface area contributed by atoms with E-state index in [0.29, 0.717) is 6.54 Å². The van der Waals surface area contributed by atoms with Crippen LogP contribution in [0.25, 0.3) is 0 Å². The van der Waals surface area contributed by atoms with Gasteiger partial charge in [-0.05, 0) is 6.42 Å². The summed E-state index contributed by atoms with van der Waals surface area (Å²) in [5.74, 6) is -2.14. The van der Waals surface area contributed by atoms with Crippen LogP contribution in [0.3, 0.4) is 0 Å². The number of nitrogens with one attached hydrogen (secondary N) is 1. The number of hydroxylamine groups is 1. The van der Waals surface area contributed by atoms with E-state index in [1.807, 2.05) is 6.92 Å². The predicted molar refractivity (Wildman–Crippen MR) is 38.2 cm³/mol. The van der Waals surface area contributed by atoms with Crippen molar-refractivity contribution in [2.75, 3.05) is 6.54 Å². The van der Waals surface area contributed by atoms with Gasteiger partial charge < -0.3 is 10.6 Å². The Morgan fingerprint density at radius 3 is 2.64 bits per heavy atom. The third-order valence-corrected chi connectivity index (χ3v) is 0.998. The first-order valence-corrected chi connectivity index (χ1v) is 3.42. The molecule has 0 unspecified atom stereocenters. The number of hydrogen-bond acceptors (Lipinski definition) is 4. The van der Waals surface area contributed by atoms with Crippen LogP contribution in [0.4, 0.5) is 0 Å². The monoisotopic (exact) mass is 160 g/mol. The molecule has 0 rings (SSSR count). The number of amides is 1. The van der Waals surface area contributed by atoms with Gasteiger partial charge in [0, 0.05) is 6.54 Å². The summed E-state index contributed by atoms with van der Waals surface area (Å²) in [6.45, 7) is 2.53. The van der Waals surface area contributed by atoms with Gasteiger partial charge >= 0.3 is 11.9 Å². The average molecular weight is 160 g/mol. The number of rotatable bonds is 4. The van der Waals surface area contributed by atoms with Gasteiger partial charge in [0.1, 0.15) is 0 Å². The van der Waals surface area contributed by atoms with Gasteiger partial charge in [-0.3, -0.25) is 4.79 Å². The maximum absolute atomic E-state index is 10.3. The fraction of sp³-hybridized carbons (Fsp3) is 0.667. The van der Waals surface area contributed by atoms with Crippen molar-refractivity contribution in [3.63, 3.8) is 0 Å². The molecule has 5 heteroatoms. The highest BCUT2D eigenvalue weighted by Gasteiger charge is 2.08. The van der Waals surface area contributed by atoms with Crippen molar-refractivity contribution in [3.05, 3.63) is 0 Å². The smallest absolute Gasteiger partial charge is 0.363 e. The van der Waals surface area contributed by atoms with Gasteiger partial charge in [0.25, 0.3) is 0 Å². The first kappa shape index (κ1) is 9.90. The van der Waals surface area contributed by atoms with Crippen LogP contribution in [-0.4, -0.2) is 18.4 Å². The fourth-order valence-corrected chi connectivity index (χ4v) is 0.416. The van der Waals surface area contributed by atoms with Crippen LogP contribution in [0.15, 0.2) is 0 Å². The summed E-state index contributed by atoms with van der Waals surface area (Å²) in [7, 11) is 0. The Bertz CT molecular complexity index is 147. The zero-order valence-electron chi connectivity index (χ0n) is 6.42. The molecule has 5 nitrogen and oxygen atoms in total. The van der Waals surface area contributed by atoms with E-state index in [1.54, 1.807) is 0 Å². The minimum Gasteiger partial charge on any atom is -0.363 e. The lowest BCUT2D eigenvalue weighted by atomic mass is 10.3. The largest absolute Gasteiger partial charge is 0.415 e. The van der Waals surface area contributed by atoms with Crippen molar-refractivity contribution in [1.82, 2.24) is 5.48 Å². The molecule has 3 N–H and O–H groups in total. The van der Waals surface area contributed by atoms with Crippen LogP contribution in [0.2, 0.25) is 0 Å². The van der Waals surface area contributed by atoms with Gasteiger partial charge in [0.15, 0.2) is 0 Å². The van der Waals surface area contributed by atoms with Crippen LogP contribution in [0.1, 0.15) is 19.8 Å². The Morgan fingerprint density at radius 2 is 2.18 bits per heavy atom. The number of hydrogen-bond donors (Lipinski definition) is 2. The Kier molecular flexibility index (Phi) is 5.10. The molecule has 11 heavy (non-hydrogen) atoms. The zero-order chi connectivity index (χ0) is 8.69. The van der Waals surface area contributed by atoms with E-state index in [2.05, 4.69) is 16.1 Å². The summed E-state index contributed by atoms with van der Waals surface area (Å²) in [4.78, 5) is 24.7. The summed E-state index contributed by atoms with van der Waals surface area (Å²) >= 11 is 0. The lowest BCUT2D eigenvalue weighted by Gasteiger charge is -2.00. The molecular formula is C6H12N2O3. The van der Waals surface area contributed by atoms with Crippen LogP contribution in [0.5, 0.6) is 0 Å². The van der Waals surface area contributed by atoms with Gasteiger partial charge in [0.05, 0.1) is 0 Å². The van der Waals surface area contributed by atoms with E-state index >= 15 is 0 Å². The minimum atomic E-state index is -1.09. The molecule has 0 aliphatic rings. The highest BCUT2D eigenvalue weighted by Crippen LogP contribution is 1.82. The van der Waals surface area contributed by atoms with Crippen LogP contribution >= 0.6 is 0 Å². The van der Waals surface area contributed by atoms with Crippen LogP contribution < -0.4 is 11.2 Å². The number of nitrogens with two attached hydrogens (primary N) is 1. The molecule has 64 valence electrons. The summed E-state index contributed by atoms with van der Waals surface area (Å²) in [6.07, 6.45) is 1.87. The topological polar surface area (TPSA) is 81.4 Å². The molecule has 0 bridgehead atoms. The van der Waals surface area contributed by atoms with E-state index in [0.717, 1.165) is 12.8 Å². The molecule has 0 heterocycles. The molecule has 0 atom stereocenters. The van der Waals surface area contributed by atoms with E-state index in [9.17, 15) is 9.59 Å². The molecule has 0 aromatic rings. The molecule has 0 aliphatic heterocycles. The first-order chi connectivity index (χ1) is 5.18. The van der Waals surface area contributed by atoms with E-state index in [1.165, 1.54) is 0 Å². The molecule has 0 saturated carbocycles. The molecule has 1 amide bonds. The van der Waals surface area contributed by atoms with Gasteiger partial charge in [0.2, 0.25) is 0 Å². The summed E-state index contributed by atoms with van der Waals surface area (Å²) in [6, 6.07) is 0. The normalized spacial score (nSPS) is 9.18. The lowest BCUT2D eigenvalue weighted by Crippen LogP contribution is -2.31. The minimum absolute atomic E-state index is 0.537. The highest BCUT2D eigenvalue weighted by molar-refractivity contribution is 6.31. The predicted octanol–water partition coefficient (Wildman–Crippen LogP) is -0.680. The standard InChI is InChI=1S/C6H12N2O3/c1-2-3-4-8-11-6(10)5(7)9/h8H,2-4H2,1H3,(H2,7,9). The van der Waals surface area contributed by atoms with Crippen molar-refractivity contribution < 1.29 is 14.4 Å². The van der Waals surface area contributed by atoms with E-state index < -0.39 is 11.9 Å². The van der Waals surface area contributed by atoms with Crippen LogP contribution in [-0.2, 0) is 14.4 Å². The Hall–Kier alpha value is -1.10. The number of carbonyl (C=O) groups is 2. The van der Waals surface area contributed by atoms with E-state index in [-0.39, 0.29) is 0 Å². The van der Waals surface area contributed by atoms with Crippen molar-refractivity contribution in [2.24, 2.45) is 5.73 Å². The van der Waals surface area contributed by atoms with Gasteiger partial charge in [-0.15, -0.1) is 0 Å². The SMILES string of the molecule is CCCCNOC(=O)C(N)=O. The molecular weight excluding hydrogens is 148 g/mol. The van der Waals surface area contributed by atoms with Gasteiger partial charge in [-0.25, -0.2) is 4.79 Å². The van der Waals surface area contributed by atoms with Gasteiger partial charge in [-0.2, -0.15) is 5.48 Å². The lowest BCUT2D eigenvalue weighted by molar-refractivity contribution is -0.159. The first-order valence-electron chi connectivity index (χ1n) is 3.42. The molecule has 0 spiro atoms. The zero-order valence-corrected chi connectivity index (χ0v) is 6.42. The Morgan fingerprint density at radius 1 is 1.55 bits per heavy atom. The Labute approximate surface area is 64.8 Å². The molecule has 0 aliphatic carbocycles. The van der Waals surface area contributed by atoms with Crippen molar-refractivity contribution in [2.45, 2.75) is 19.8 Å². The maximum Gasteiger partial charge on any atom is 0.415 e. The summed E-state index contributed by atoms with van der Waals surface area (Å²) in [5.41, 5.74) is 6.91. The van der Waals surface area contributed by atoms with E-state index in [4.69, 9.17) is 0 Å². The molecule has 0 aromatic carbocycles. The average Bonchev–Trinajstić information content (AvgIpc) is 1.97. The molecule has 0 aromatic heterocycles. The molecule has 0 fully saturated rings. The fourth-order valence-electron chi connectivity index (χ4n) is 0.416. The highest BCUT2D eigenvalue weighted by atomic mass is 16.7. The second-order valence-electron chi connectivity index (χ2n) is 2.00. The quantitative estimate of drug-likeness (QED) is 0.324. The third kappa shape index (κ3) is 5.35. The molecule has 0 saturated heterocycles. The van der Waals surface area contributed by atoms with Crippen LogP contribution in [0, 0.1) is 0 Å². The van der Waals surface area contributed by atoms with Crippen molar-refractivity contribution >= 4 is 11.9 Å². The summed E-state index contributed by atoms with van der Waals surface area (Å²) < 4.78 is 0. The Balaban J connectivity index is 3.25. The second kappa shape index (κ2) is 5.67. The van der Waals surface area contributed by atoms with Crippen molar-refractivity contribution in [1.29, 1.82) is 0 Å². The number of carbonyl (C=O) groups excluding carboxylic acids is 2. The van der Waals surface area contributed by atoms with Crippen molar-refractivity contribution in [3.8, 4) is 0 Å². The number of primary amides is 1.